The van der Waals surface area contributed by atoms with Gasteiger partial charge in [0.2, 0.25) is 0 Å². The van der Waals surface area contributed by atoms with E-state index >= 15 is 0 Å². The van der Waals surface area contributed by atoms with Crippen molar-refractivity contribution in [1.82, 2.24) is 20.2 Å². The number of aromatic nitrogens is 4. The first-order valence-electron chi connectivity index (χ1n) is 6.60. The molecule has 7 heteroatoms. The molecule has 0 saturated carbocycles. The molecule has 21 heavy (non-hydrogen) atoms. The third-order valence-corrected chi connectivity index (χ3v) is 3.49. The summed E-state index contributed by atoms with van der Waals surface area (Å²) in [4.78, 5) is 10.8. The Kier molecular flexibility index (Phi) is 4.64. The molecule has 2 rings (SSSR count). The monoisotopic (exact) mass is 290 g/mol. The number of aliphatic carboxylic acids is 1. The fourth-order valence-corrected chi connectivity index (χ4v) is 2.12. The van der Waals surface area contributed by atoms with Crippen molar-refractivity contribution in [2.45, 2.75) is 32.9 Å². The minimum Gasteiger partial charge on any atom is -0.481 e. The fourth-order valence-electron chi connectivity index (χ4n) is 2.12. The SMILES string of the molecule is COC(CC(=O)O)Cn1nnnc1-c1cccc(C)c1C. The molecule has 0 amide bonds. The highest BCUT2D eigenvalue weighted by Gasteiger charge is 2.18. The second kappa shape index (κ2) is 6.45. The van der Waals surface area contributed by atoms with Gasteiger partial charge in [-0.15, -0.1) is 5.10 Å². The molecule has 0 aliphatic heterocycles. The summed E-state index contributed by atoms with van der Waals surface area (Å²) in [6.07, 6.45) is -0.572. The van der Waals surface area contributed by atoms with Gasteiger partial charge in [0.25, 0.3) is 0 Å². The Morgan fingerprint density at radius 2 is 2.19 bits per heavy atom. The van der Waals surface area contributed by atoms with Gasteiger partial charge in [-0.1, -0.05) is 18.2 Å². The maximum Gasteiger partial charge on any atom is 0.306 e. The zero-order valence-corrected chi connectivity index (χ0v) is 12.3. The van der Waals surface area contributed by atoms with Crippen LogP contribution in [-0.4, -0.2) is 44.5 Å². The zero-order chi connectivity index (χ0) is 15.4. The summed E-state index contributed by atoms with van der Waals surface area (Å²) in [5.74, 6) is -0.299. The molecular formula is C14H18N4O3. The number of nitrogens with zero attached hydrogens (tertiary/aromatic N) is 4. The molecule has 1 aromatic heterocycles. The molecule has 1 heterocycles. The number of carboxylic acid groups (broad SMARTS) is 1. The molecule has 1 atom stereocenters. The van der Waals surface area contributed by atoms with Crippen LogP contribution >= 0.6 is 0 Å². The highest BCUT2D eigenvalue weighted by Crippen LogP contribution is 2.23. The average molecular weight is 290 g/mol. The van der Waals surface area contributed by atoms with E-state index in [-0.39, 0.29) is 6.42 Å². The van der Waals surface area contributed by atoms with Gasteiger partial charge in [-0.3, -0.25) is 4.79 Å². The molecule has 0 fully saturated rings. The molecule has 2 aromatic rings. The third kappa shape index (κ3) is 3.43. The number of rotatable bonds is 6. The number of ether oxygens (including phenoxy) is 1. The first-order valence-corrected chi connectivity index (χ1v) is 6.60. The number of hydrogen-bond donors (Lipinski definition) is 1. The van der Waals surface area contributed by atoms with Crippen LogP contribution < -0.4 is 0 Å². The molecule has 0 spiro atoms. The number of tetrazole rings is 1. The molecule has 0 radical (unpaired) electrons. The lowest BCUT2D eigenvalue weighted by atomic mass is 10.0. The summed E-state index contributed by atoms with van der Waals surface area (Å²) >= 11 is 0. The number of carbonyl (C=O) groups is 1. The van der Waals surface area contributed by atoms with Crippen molar-refractivity contribution in [3.05, 3.63) is 29.3 Å². The Hall–Kier alpha value is -2.28. The van der Waals surface area contributed by atoms with Crippen LogP contribution in [-0.2, 0) is 16.1 Å². The Morgan fingerprint density at radius 1 is 1.43 bits per heavy atom. The molecule has 0 bridgehead atoms. The minimum absolute atomic E-state index is 0.0946. The van der Waals surface area contributed by atoms with E-state index in [1.165, 1.54) is 7.11 Å². The smallest absolute Gasteiger partial charge is 0.306 e. The number of aryl methyl sites for hydroxylation is 1. The zero-order valence-electron chi connectivity index (χ0n) is 12.3. The largest absolute Gasteiger partial charge is 0.481 e. The standard InChI is InChI=1S/C14H18N4O3/c1-9-5-4-6-12(10(9)2)14-15-16-17-18(14)8-11(21-3)7-13(19)20/h4-6,11H,7-8H2,1-3H3,(H,19,20). The van der Waals surface area contributed by atoms with E-state index in [2.05, 4.69) is 15.5 Å². The van der Waals surface area contributed by atoms with E-state index in [4.69, 9.17) is 9.84 Å². The highest BCUT2D eigenvalue weighted by atomic mass is 16.5. The van der Waals surface area contributed by atoms with Crippen molar-refractivity contribution in [3.8, 4) is 11.4 Å². The lowest BCUT2D eigenvalue weighted by Crippen LogP contribution is -2.23. The van der Waals surface area contributed by atoms with Gasteiger partial charge in [-0.25, -0.2) is 4.68 Å². The summed E-state index contributed by atoms with van der Waals surface area (Å²) in [6.45, 7) is 4.32. The van der Waals surface area contributed by atoms with Crippen LogP contribution in [0.15, 0.2) is 18.2 Å². The summed E-state index contributed by atoms with van der Waals surface area (Å²) in [7, 11) is 1.48. The van der Waals surface area contributed by atoms with Gasteiger partial charge in [0.05, 0.1) is 19.1 Å². The Bertz CT molecular complexity index is 639. The van der Waals surface area contributed by atoms with E-state index in [1.54, 1.807) is 4.68 Å². The second-order valence-electron chi connectivity index (χ2n) is 4.89. The van der Waals surface area contributed by atoms with Gasteiger partial charge >= 0.3 is 5.97 Å². The summed E-state index contributed by atoms with van der Waals surface area (Å²) < 4.78 is 6.76. The van der Waals surface area contributed by atoms with Crippen LogP contribution in [0, 0.1) is 13.8 Å². The van der Waals surface area contributed by atoms with Crippen LogP contribution in [0.25, 0.3) is 11.4 Å². The van der Waals surface area contributed by atoms with Gasteiger partial charge < -0.3 is 9.84 Å². The maximum absolute atomic E-state index is 10.8. The first kappa shape index (κ1) is 15.1. The topological polar surface area (TPSA) is 90.1 Å². The van der Waals surface area contributed by atoms with Crippen molar-refractivity contribution in [1.29, 1.82) is 0 Å². The van der Waals surface area contributed by atoms with Crippen molar-refractivity contribution in [2.75, 3.05) is 7.11 Å². The quantitative estimate of drug-likeness (QED) is 0.866. The summed E-state index contributed by atoms with van der Waals surface area (Å²) in [5.41, 5.74) is 3.18. The predicted molar refractivity (Wildman–Crippen MR) is 75.8 cm³/mol. The van der Waals surface area contributed by atoms with Crippen molar-refractivity contribution < 1.29 is 14.6 Å². The summed E-state index contributed by atoms with van der Waals surface area (Å²) in [5, 5.41) is 20.6. The molecule has 0 aliphatic rings. The lowest BCUT2D eigenvalue weighted by Gasteiger charge is -2.14. The normalized spacial score (nSPS) is 12.3. The van der Waals surface area contributed by atoms with Crippen molar-refractivity contribution in [3.63, 3.8) is 0 Å². The third-order valence-electron chi connectivity index (χ3n) is 3.49. The van der Waals surface area contributed by atoms with Gasteiger partial charge in [-0.05, 0) is 35.4 Å². The molecule has 0 saturated heterocycles. The van der Waals surface area contributed by atoms with E-state index in [0.29, 0.717) is 12.4 Å². The van der Waals surface area contributed by atoms with E-state index in [9.17, 15) is 4.79 Å². The first-order chi connectivity index (χ1) is 10.0. The van der Waals surface area contributed by atoms with Gasteiger partial charge in [-0.2, -0.15) is 0 Å². The van der Waals surface area contributed by atoms with E-state index in [0.717, 1.165) is 16.7 Å². The number of hydrogen-bond acceptors (Lipinski definition) is 5. The predicted octanol–water partition coefficient (Wildman–Crippen LogP) is 1.45. The van der Waals surface area contributed by atoms with Crippen LogP contribution in [0.4, 0.5) is 0 Å². The van der Waals surface area contributed by atoms with Gasteiger partial charge in [0.1, 0.15) is 0 Å². The minimum atomic E-state index is -0.914. The Balaban J connectivity index is 2.30. The number of carboxylic acids is 1. The van der Waals surface area contributed by atoms with Gasteiger partial charge in [0.15, 0.2) is 5.82 Å². The molecule has 1 unspecified atom stereocenters. The number of benzene rings is 1. The van der Waals surface area contributed by atoms with Crippen molar-refractivity contribution >= 4 is 5.97 Å². The lowest BCUT2D eigenvalue weighted by molar-refractivity contribution is -0.140. The van der Waals surface area contributed by atoms with Crippen LogP contribution in [0.5, 0.6) is 0 Å². The molecule has 112 valence electrons. The molecule has 1 N–H and O–H groups in total. The van der Waals surface area contributed by atoms with Crippen LogP contribution in [0.2, 0.25) is 0 Å². The molecular weight excluding hydrogens is 272 g/mol. The molecule has 1 aromatic carbocycles. The van der Waals surface area contributed by atoms with Crippen molar-refractivity contribution in [2.24, 2.45) is 0 Å². The summed E-state index contributed by atoms with van der Waals surface area (Å²) in [6, 6.07) is 5.92. The average Bonchev–Trinajstić information content (AvgIpc) is 2.88. The molecule has 7 nitrogen and oxygen atoms in total. The number of methoxy groups -OCH3 is 1. The maximum atomic E-state index is 10.8. The van der Waals surface area contributed by atoms with E-state index < -0.39 is 12.1 Å². The van der Waals surface area contributed by atoms with E-state index in [1.807, 2.05) is 32.0 Å². The van der Waals surface area contributed by atoms with Crippen LogP contribution in [0.3, 0.4) is 0 Å². The second-order valence-corrected chi connectivity index (χ2v) is 4.89. The fraction of sp³-hybridized carbons (Fsp3) is 0.429. The highest BCUT2D eigenvalue weighted by molar-refractivity contribution is 5.67. The van der Waals surface area contributed by atoms with Crippen LogP contribution in [0.1, 0.15) is 17.5 Å². The van der Waals surface area contributed by atoms with Gasteiger partial charge in [0, 0.05) is 12.7 Å². The molecule has 0 aliphatic carbocycles. The Labute approximate surface area is 122 Å². The Morgan fingerprint density at radius 3 is 2.86 bits per heavy atom.